The molecule has 0 saturated carbocycles. The lowest BCUT2D eigenvalue weighted by atomic mass is 9.85. The lowest BCUT2D eigenvalue weighted by Crippen LogP contribution is -2.46. The van der Waals surface area contributed by atoms with Crippen molar-refractivity contribution in [2.75, 3.05) is 32.1 Å². The summed E-state index contributed by atoms with van der Waals surface area (Å²) in [7, 11) is 3.87. The zero-order valence-electron chi connectivity index (χ0n) is 14.8. The Morgan fingerprint density at radius 1 is 1.14 bits per heavy atom. The molecule has 1 atom stereocenters. The molecule has 0 fully saturated rings. The lowest BCUT2D eigenvalue weighted by Gasteiger charge is -2.37. The number of hydrogen-bond acceptors (Lipinski definition) is 3. The highest BCUT2D eigenvalue weighted by Crippen LogP contribution is 2.30. The zero-order valence-corrected chi connectivity index (χ0v) is 14.8. The van der Waals surface area contributed by atoms with Crippen molar-refractivity contribution in [3.8, 4) is 5.75 Å². The van der Waals surface area contributed by atoms with Gasteiger partial charge >= 0.3 is 0 Å². The smallest absolute Gasteiger partial charge is 0.142 e. The number of methoxy groups -OCH3 is 1. The Morgan fingerprint density at radius 2 is 1.76 bits per heavy atom. The minimum Gasteiger partial charge on any atom is -0.495 e. The molecule has 0 bridgehead atoms. The van der Waals surface area contributed by atoms with Gasteiger partial charge in [0.1, 0.15) is 5.75 Å². The molecule has 0 saturated heterocycles. The van der Waals surface area contributed by atoms with E-state index in [-0.39, 0.29) is 11.0 Å². The third kappa shape index (κ3) is 5.58. The molecule has 0 aliphatic rings. The van der Waals surface area contributed by atoms with Crippen LogP contribution in [0.15, 0.2) is 24.3 Å². The molecule has 0 amide bonds. The molecule has 120 valence electrons. The van der Waals surface area contributed by atoms with Crippen LogP contribution in [-0.4, -0.2) is 32.8 Å². The first-order valence-electron chi connectivity index (χ1n) is 7.80. The highest BCUT2D eigenvalue weighted by atomic mass is 16.5. The molecule has 0 heterocycles. The minimum absolute atomic E-state index is 0.152. The van der Waals surface area contributed by atoms with E-state index >= 15 is 0 Å². The van der Waals surface area contributed by atoms with Crippen molar-refractivity contribution in [3.05, 3.63) is 24.3 Å². The van der Waals surface area contributed by atoms with E-state index in [1.807, 2.05) is 12.1 Å². The lowest BCUT2D eigenvalue weighted by molar-refractivity contribution is 0.262. The van der Waals surface area contributed by atoms with Crippen LogP contribution < -0.4 is 15.0 Å². The Bertz CT molecular complexity index is 439. The highest BCUT2D eigenvalue weighted by Gasteiger charge is 2.26. The van der Waals surface area contributed by atoms with Gasteiger partial charge in [-0.05, 0) is 44.7 Å². The largest absolute Gasteiger partial charge is 0.495 e. The summed E-state index contributed by atoms with van der Waals surface area (Å²) in [6.07, 6.45) is 1.13. The van der Waals surface area contributed by atoms with Crippen molar-refractivity contribution < 1.29 is 4.74 Å². The van der Waals surface area contributed by atoms with Gasteiger partial charge in [0.05, 0.1) is 12.8 Å². The van der Waals surface area contributed by atoms with Crippen LogP contribution >= 0.6 is 0 Å². The molecule has 3 nitrogen and oxygen atoms in total. The molecule has 0 aliphatic heterocycles. The molecule has 0 radical (unpaired) electrons. The number of nitrogens with one attached hydrogen (secondary N) is 1. The first-order valence-corrected chi connectivity index (χ1v) is 7.80. The molecule has 1 aromatic carbocycles. The Hall–Kier alpha value is -1.22. The monoisotopic (exact) mass is 292 g/mol. The van der Waals surface area contributed by atoms with Crippen molar-refractivity contribution in [1.82, 2.24) is 5.32 Å². The topological polar surface area (TPSA) is 24.5 Å². The van der Waals surface area contributed by atoms with Gasteiger partial charge < -0.3 is 15.0 Å². The maximum atomic E-state index is 5.47. The summed E-state index contributed by atoms with van der Waals surface area (Å²) in [4.78, 5) is 2.30. The standard InChI is InChI=1S/C18H32N2O/c1-8-18(5,13-19-17(2,3)4)14-20(6)15-11-9-10-12-16(15)21-7/h9-12,19H,8,13-14H2,1-7H3. The molecule has 0 aromatic heterocycles. The SMILES string of the molecule is CCC(C)(CNC(C)(C)C)CN(C)c1ccccc1OC. The Morgan fingerprint density at radius 3 is 2.29 bits per heavy atom. The van der Waals surface area contributed by atoms with Crippen LogP contribution in [0, 0.1) is 5.41 Å². The summed E-state index contributed by atoms with van der Waals surface area (Å²) in [6.45, 7) is 13.3. The van der Waals surface area contributed by atoms with Crippen LogP contribution in [-0.2, 0) is 0 Å². The van der Waals surface area contributed by atoms with Gasteiger partial charge in [-0.1, -0.05) is 26.0 Å². The van der Waals surface area contributed by atoms with Gasteiger partial charge in [0.25, 0.3) is 0 Å². The van der Waals surface area contributed by atoms with Crippen molar-refractivity contribution in [2.24, 2.45) is 5.41 Å². The summed E-state index contributed by atoms with van der Waals surface area (Å²) < 4.78 is 5.47. The van der Waals surface area contributed by atoms with E-state index in [0.717, 1.165) is 30.9 Å². The van der Waals surface area contributed by atoms with Gasteiger partial charge in [0, 0.05) is 25.7 Å². The van der Waals surface area contributed by atoms with Gasteiger partial charge in [0.15, 0.2) is 0 Å². The fourth-order valence-corrected chi connectivity index (χ4v) is 2.37. The van der Waals surface area contributed by atoms with E-state index in [9.17, 15) is 0 Å². The quantitative estimate of drug-likeness (QED) is 0.824. The van der Waals surface area contributed by atoms with Gasteiger partial charge in [-0.15, -0.1) is 0 Å². The van der Waals surface area contributed by atoms with Crippen molar-refractivity contribution >= 4 is 5.69 Å². The van der Waals surface area contributed by atoms with Crippen molar-refractivity contribution in [2.45, 2.75) is 46.6 Å². The third-order valence-electron chi connectivity index (χ3n) is 4.01. The summed E-state index contributed by atoms with van der Waals surface area (Å²) in [5.74, 6) is 0.933. The maximum absolute atomic E-state index is 5.47. The third-order valence-corrected chi connectivity index (χ3v) is 4.01. The highest BCUT2D eigenvalue weighted by molar-refractivity contribution is 5.57. The maximum Gasteiger partial charge on any atom is 0.142 e. The average Bonchev–Trinajstić information content (AvgIpc) is 2.44. The van der Waals surface area contributed by atoms with E-state index < -0.39 is 0 Å². The van der Waals surface area contributed by atoms with Crippen LogP contribution in [0.5, 0.6) is 5.75 Å². The summed E-state index contributed by atoms with van der Waals surface area (Å²) in [5, 5.41) is 3.64. The number of nitrogens with zero attached hydrogens (tertiary/aromatic N) is 1. The molecule has 0 spiro atoms. The second-order valence-corrected chi connectivity index (χ2v) is 7.30. The predicted molar refractivity (Wildman–Crippen MR) is 92.4 cm³/mol. The van der Waals surface area contributed by atoms with Crippen LogP contribution in [0.1, 0.15) is 41.0 Å². The van der Waals surface area contributed by atoms with Crippen molar-refractivity contribution in [1.29, 1.82) is 0 Å². The first-order chi connectivity index (χ1) is 9.71. The minimum atomic E-state index is 0.152. The number of ether oxygens (including phenoxy) is 1. The molecule has 1 unspecified atom stereocenters. The van der Waals surface area contributed by atoms with Crippen molar-refractivity contribution in [3.63, 3.8) is 0 Å². The molecule has 1 N–H and O–H groups in total. The van der Waals surface area contributed by atoms with E-state index in [2.05, 4.69) is 64.0 Å². The number of hydrogen-bond donors (Lipinski definition) is 1. The van der Waals surface area contributed by atoms with Gasteiger partial charge in [-0.3, -0.25) is 0 Å². The Kier molecular flexibility index (Phi) is 6.09. The first kappa shape index (κ1) is 17.8. The van der Waals surface area contributed by atoms with Gasteiger partial charge in [0.2, 0.25) is 0 Å². The molecule has 1 rings (SSSR count). The van der Waals surface area contributed by atoms with Gasteiger partial charge in [-0.25, -0.2) is 0 Å². The number of benzene rings is 1. The fraction of sp³-hybridized carbons (Fsp3) is 0.667. The molecular formula is C18H32N2O. The second kappa shape index (κ2) is 7.17. The summed E-state index contributed by atoms with van der Waals surface area (Å²) in [6, 6.07) is 8.20. The average molecular weight is 292 g/mol. The Labute approximate surface area is 130 Å². The van der Waals surface area contributed by atoms with E-state index in [1.54, 1.807) is 7.11 Å². The molecule has 0 aliphatic carbocycles. The normalized spacial score (nSPS) is 14.6. The summed E-state index contributed by atoms with van der Waals surface area (Å²) in [5.41, 5.74) is 1.53. The number of rotatable bonds is 7. The molecule has 21 heavy (non-hydrogen) atoms. The summed E-state index contributed by atoms with van der Waals surface area (Å²) >= 11 is 0. The fourth-order valence-electron chi connectivity index (χ4n) is 2.37. The Balaban J connectivity index is 2.80. The number of para-hydroxylation sites is 2. The molecular weight excluding hydrogens is 260 g/mol. The number of anilines is 1. The zero-order chi connectivity index (χ0) is 16.1. The van der Waals surface area contributed by atoms with Crippen LogP contribution in [0.4, 0.5) is 5.69 Å². The van der Waals surface area contributed by atoms with Gasteiger partial charge in [-0.2, -0.15) is 0 Å². The van der Waals surface area contributed by atoms with E-state index in [1.165, 1.54) is 0 Å². The predicted octanol–water partition coefficient (Wildman–Crippen LogP) is 3.94. The van der Waals surface area contributed by atoms with E-state index in [4.69, 9.17) is 4.74 Å². The van der Waals surface area contributed by atoms with E-state index in [0.29, 0.717) is 0 Å². The van der Waals surface area contributed by atoms with Crippen LogP contribution in [0.3, 0.4) is 0 Å². The second-order valence-electron chi connectivity index (χ2n) is 7.30. The molecule has 1 aromatic rings. The molecule has 3 heteroatoms. The van der Waals surface area contributed by atoms with Crippen LogP contribution in [0.2, 0.25) is 0 Å². The van der Waals surface area contributed by atoms with Crippen LogP contribution in [0.25, 0.3) is 0 Å².